The van der Waals surface area contributed by atoms with E-state index >= 15 is 0 Å². The minimum Gasteiger partial charge on any atom is -0.381 e. The normalized spacial score (nSPS) is 19.2. The summed E-state index contributed by atoms with van der Waals surface area (Å²) >= 11 is 1.61. The van der Waals surface area contributed by atoms with Gasteiger partial charge in [-0.15, -0.1) is 11.3 Å². The fourth-order valence-corrected chi connectivity index (χ4v) is 2.57. The molecule has 3 rings (SSSR count). The van der Waals surface area contributed by atoms with Crippen LogP contribution < -0.4 is 0 Å². The summed E-state index contributed by atoms with van der Waals surface area (Å²) in [5, 5.41) is 11.8. The first-order valence-electron chi connectivity index (χ1n) is 3.81. The highest BCUT2D eigenvalue weighted by molar-refractivity contribution is 7.10. The first kappa shape index (κ1) is 6.46. The van der Waals surface area contributed by atoms with Crippen LogP contribution in [-0.4, -0.2) is 9.67 Å². The van der Waals surface area contributed by atoms with E-state index in [1.54, 1.807) is 11.3 Å². The molecule has 3 heteroatoms. The fraction of sp³-hybridized carbons (Fsp3) is 0.111. The number of rotatable bonds is 0. The zero-order chi connectivity index (χ0) is 8.13. The molecule has 2 aromatic heterocycles. The monoisotopic (exact) mass is 177 g/mol. The summed E-state index contributed by atoms with van der Waals surface area (Å²) in [4.78, 5) is 1.06. The van der Waals surface area contributed by atoms with E-state index in [0.29, 0.717) is 0 Å². The number of aliphatic hydroxyl groups is 1. The molecular weight excluding hydrogens is 170 g/mol. The van der Waals surface area contributed by atoms with Gasteiger partial charge in [-0.3, -0.25) is 0 Å². The van der Waals surface area contributed by atoms with E-state index in [4.69, 9.17) is 0 Å². The number of aliphatic hydroxyl groups excluding tert-OH is 1. The van der Waals surface area contributed by atoms with Crippen LogP contribution in [0.5, 0.6) is 0 Å². The van der Waals surface area contributed by atoms with Gasteiger partial charge >= 0.3 is 0 Å². The van der Waals surface area contributed by atoms with Crippen LogP contribution in [0.2, 0.25) is 0 Å². The van der Waals surface area contributed by atoms with Crippen molar-refractivity contribution in [3.63, 3.8) is 0 Å². The number of nitrogens with zero attached hydrogens (tertiary/aromatic N) is 1. The van der Waals surface area contributed by atoms with Gasteiger partial charge in [-0.1, -0.05) is 0 Å². The van der Waals surface area contributed by atoms with Gasteiger partial charge < -0.3 is 9.67 Å². The van der Waals surface area contributed by atoms with E-state index in [-0.39, 0.29) is 0 Å². The zero-order valence-electron chi connectivity index (χ0n) is 6.27. The quantitative estimate of drug-likeness (QED) is 0.653. The van der Waals surface area contributed by atoms with Crippen LogP contribution >= 0.6 is 11.3 Å². The number of thiophene rings is 1. The van der Waals surface area contributed by atoms with Gasteiger partial charge in [-0.05, 0) is 23.6 Å². The molecule has 0 spiro atoms. The Bertz CT molecular complexity index is 389. The summed E-state index contributed by atoms with van der Waals surface area (Å²) in [5.41, 5.74) is 2.12. The summed E-state index contributed by atoms with van der Waals surface area (Å²) in [5.74, 6) is 0. The number of hydrogen-bond acceptors (Lipinski definition) is 2. The van der Waals surface area contributed by atoms with Crippen molar-refractivity contribution >= 4 is 11.3 Å². The molecule has 0 aliphatic carbocycles. The van der Waals surface area contributed by atoms with Crippen LogP contribution in [0.1, 0.15) is 16.7 Å². The Hall–Kier alpha value is -1.06. The van der Waals surface area contributed by atoms with Crippen LogP contribution in [-0.2, 0) is 0 Å². The fourth-order valence-electron chi connectivity index (χ4n) is 1.69. The Morgan fingerprint density at radius 1 is 1.42 bits per heavy atom. The van der Waals surface area contributed by atoms with Gasteiger partial charge in [-0.25, -0.2) is 0 Å². The van der Waals surface area contributed by atoms with Crippen LogP contribution in [0, 0.1) is 0 Å². The third kappa shape index (κ3) is 0.589. The van der Waals surface area contributed by atoms with E-state index in [0.717, 1.165) is 16.3 Å². The van der Waals surface area contributed by atoms with Crippen molar-refractivity contribution in [3.8, 4) is 5.69 Å². The molecule has 12 heavy (non-hydrogen) atoms. The molecule has 1 atom stereocenters. The SMILES string of the molecule is OC1c2sccc2-n2cccc21. The number of aromatic nitrogens is 1. The van der Waals surface area contributed by atoms with Crippen LogP contribution in [0.25, 0.3) is 5.69 Å². The Morgan fingerprint density at radius 2 is 2.33 bits per heavy atom. The second-order valence-corrected chi connectivity index (χ2v) is 3.82. The predicted octanol–water partition coefficient (Wildman–Crippen LogP) is 1.93. The maximum atomic E-state index is 9.80. The summed E-state index contributed by atoms with van der Waals surface area (Å²) in [6.07, 6.45) is 1.58. The average molecular weight is 177 g/mol. The summed E-state index contributed by atoms with van der Waals surface area (Å²) in [6.45, 7) is 0. The molecule has 0 saturated heterocycles. The van der Waals surface area contributed by atoms with E-state index < -0.39 is 6.10 Å². The van der Waals surface area contributed by atoms with Crippen molar-refractivity contribution < 1.29 is 5.11 Å². The van der Waals surface area contributed by atoms with Gasteiger partial charge in [0.15, 0.2) is 0 Å². The molecule has 3 heterocycles. The van der Waals surface area contributed by atoms with Crippen LogP contribution in [0.15, 0.2) is 29.8 Å². The molecule has 1 aliphatic rings. The second-order valence-electron chi connectivity index (χ2n) is 2.88. The summed E-state index contributed by atoms with van der Waals surface area (Å²) in [7, 11) is 0. The summed E-state index contributed by atoms with van der Waals surface area (Å²) < 4.78 is 2.04. The van der Waals surface area contributed by atoms with Crippen molar-refractivity contribution in [2.45, 2.75) is 6.10 Å². The molecule has 0 amide bonds. The standard InChI is InChI=1S/C9H7NOS/c11-8-6-2-1-4-10(6)7-3-5-12-9(7)8/h1-5,8,11H. The molecule has 0 aromatic carbocycles. The Labute approximate surface area is 73.7 Å². The van der Waals surface area contributed by atoms with E-state index in [1.165, 1.54) is 0 Å². The van der Waals surface area contributed by atoms with Crippen LogP contribution in [0.4, 0.5) is 0 Å². The van der Waals surface area contributed by atoms with Crippen LogP contribution in [0.3, 0.4) is 0 Å². The molecular formula is C9H7NOS. The highest BCUT2D eigenvalue weighted by Gasteiger charge is 2.27. The molecule has 0 saturated carbocycles. The second kappa shape index (κ2) is 2.00. The van der Waals surface area contributed by atoms with Crippen molar-refractivity contribution in [1.82, 2.24) is 4.57 Å². The molecule has 2 aromatic rings. The molecule has 1 aliphatic heterocycles. The largest absolute Gasteiger partial charge is 0.381 e. The summed E-state index contributed by atoms with van der Waals surface area (Å²) in [6, 6.07) is 5.95. The lowest BCUT2D eigenvalue weighted by Crippen LogP contribution is -1.92. The van der Waals surface area contributed by atoms with Gasteiger partial charge in [0.25, 0.3) is 0 Å². The van der Waals surface area contributed by atoms with Gasteiger partial charge in [0, 0.05) is 6.20 Å². The predicted molar refractivity (Wildman–Crippen MR) is 47.7 cm³/mol. The first-order chi connectivity index (χ1) is 5.88. The molecule has 0 bridgehead atoms. The number of hydrogen-bond donors (Lipinski definition) is 1. The smallest absolute Gasteiger partial charge is 0.130 e. The minimum absolute atomic E-state index is 0.407. The highest BCUT2D eigenvalue weighted by atomic mass is 32.1. The Balaban J connectivity index is 2.39. The molecule has 60 valence electrons. The lowest BCUT2D eigenvalue weighted by molar-refractivity contribution is 0.225. The third-order valence-corrected chi connectivity index (χ3v) is 3.20. The van der Waals surface area contributed by atoms with Gasteiger partial charge in [0.05, 0.1) is 16.3 Å². The molecule has 1 unspecified atom stereocenters. The minimum atomic E-state index is -0.407. The Morgan fingerprint density at radius 3 is 3.25 bits per heavy atom. The first-order valence-corrected chi connectivity index (χ1v) is 4.69. The van der Waals surface area contributed by atoms with Crippen molar-refractivity contribution in [2.75, 3.05) is 0 Å². The molecule has 1 N–H and O–H groups in total. The van der Waals surface area contributed by atoms with E-state index in [9.17, 15) is 5.11 Å². The van der Waals surface area contributed by atoms with Crippen molar-refractivity contribution in [2.24, 2.45) is 0 Å². The molecule has 0 fully saturated rings. The van der Waals surface area contributed by atoms with E-state index in [2.05, 4.69) is 0 Å². The van der Waals surface area contributed by atoms with E-state index in [1.807, 2.05) is 34.3 Å². The molecule has 2 nitrogen and oxygen atoms in total. The lowest BCUT2D eigenvalue weighted by atomic mass is 10.2. The van der Waals surface area contributed by atoms with Crippen molar-refractivity contribution in [3.05, 3.63) is 40.3 Å². The number of fused-ring (bicyclic) bond motifs is 3. The average Bonchev–Trinajstić information content (AvgIpc) is 2.72. The zero-order valence-corrected chi connectivity index (χ0v) is 7.08. The highest BCUT2D eigenvalue weighted by Crippen LogP contribution is 2.39. The topological polar surface area (TPSA) is 25.2 Å². The maximum Gasteiger partial charge on any atom is 0.130 e. The van der Waals surface area contributed by atoms with Crippen molar-refractivity contribution in [1.29, 1.82) is 0 Å². The van der Waals surface area contributed by atoms with Gasteiger partial charge in [-0.2, -0.15) is 0 Å². The third-order valence-electron chi connectivity index (χ3n) is 2.24. The molecule has 0 radical (unpaired) electrons. The maximum absolute atomic E-state index is 9.80. The lowest BCUT2D eigenvalue weighted by Gasteiger charge is -1.98. The Kier molecular flexibility index (Phi) is 1.07. The van der Waals surface area contributed by atoms with Gasteiger partial charge in [0.2, 0.25) is 0 Å². The van der Waals surface area contributed by atoms with Gasteiger partial charge in [0.1, 0.15) is 6.10 Å².